The van der Waals surface area contributed by atoms with Crippen LogP contribution in [0.1, 0.15) is 6.92 Å². The van der Waals surface area contributed by atoms with Crippen LogP contribution in [0.5, 0.6) is 0 Å². The van der Waals surface area contributed by atoms with E-state index in [9.17, 15) is 4.79 Å². The van der Waals surface area contributed by atoms with Gasteiger partial charge in [0.15, 0.2) is 5.78 Å². The van der Waals surface area contributed by atoms with Gasteiger partial charge >= 0.3 is 0 Å². The molecule has 0 amide bonds. The van der Waals surface area contributed by atoms with Crippen molar-refractivity contribution in [2.24, 2.45) is 0 Å². The molecule has 0 bridgehead atoms. The molecule has 1 atom stereocenters. The maximum absolute atomic E-state index is 11.2. The van der Waals surface area contributed by atoms with Crippen molar-refractivity contribution in [2.45, 2.75) is 13.0 Å². The summed E-state index contributed by atoms with van der Waals surface area (Å²) in [6, 6.07) is 0. The maximum atomic E-state index is 11.2. The molecule has 0 radical (unpaired) electrons. The van der Waals surface area contributed by atoms with Crippen LogP contribution in [0.15, 0.2) is 0 Å². The van der Waals surface area contributed by atoms with E-state index >= 15 is 0 Å². The minimum absolute atomic E-state index is 0.136. The maximum Gasteiger partial charge on any atom is 0.172 e. The van der Waals surface area contributed by atoms with Crippen molar-refractivity contribution < 1.29 is 14.3 Å². The van der Waals surface area contributed by atoms with Crippen LogP contribution in [0, 0.1) is 0 Å². The lowest BCUT2D eigenvalue weighted by Crippen LogP contribution is -2.44. The molecular formula is C9H17NO3. The smallest absolute Gasteiger partial charge is 0.172 e. The molecule has 1 aliphatic heterocycles. The summed E-state index contributed by atoms with van der Waals surface area (Å²) in [6.07, 6.45) is 0.240. The third-order valence-electron chi connectivity index (χ3n) is 2.03. The standard InChI is InChI=1S/C9H17NO3/c1-8-5-10(3-4-13-8)6-9(11)7-12-2/h8H,3-7H2,1-2H3. The van der Waals surface area contributed by atoms with Crippen molar-refractivity contribution in [3.63, 3.8) is 0 Å². The number of carbonyl (C=O) groups excluding carboxylic acids is 1. The minimum atomic E-state index is 0.136. The van der Waals surface area contributed by atoms with E-state index in [-0.39, 0.29) is 18.5 Å². The third-order valence-corrected chi connectivity index (χ3v) is 2.03. The summed E-state index contributed by atoms with van der Waals surface area (Å²) in [5.41, 5.74) is 0. The molecule has 0 aromatic carbocycles. The van der Waals surface area contributed by atoms with E-state index in [1.54, 1.807) is 7.11 Å². The molecule has 1 fully saturated rings. The highest BCUT2D eigenvalue weighted by Crippen LogP contribution is 2.03. The van der Waals surface area contributed by atoms with Gasteiger partial charge in [-0.05, 0) is 6.92 Å². The first kappa shape index (κ1) is 10.6. The largest absolute Gasteiger partial charge is 0.377 e. The van der Waals surface area contributed by atoms with E-state index in [1.165, 1.54) is 0 Å². The van der Waals surface area contributed by atoms with Crippen molar-refractivity contribution in [1.29, 1.82) is 0 Å². The molecule has 1 heterocycles. The van der Waals surface area contributed by atoms with Crippen molar-refractivity contribution >= 4 is 5.78 Å². The van der Waals surface area contributed by atoms with E-state index in [1.807, 2.05) is 6.92 Å². The van der Waals surface area contributed by atoms with E-state index in [0.29, 0.717) is 6.54 Å². The second-order valence-corrected chi connectivity index (χ2v) is 3.39. The molecule has 1 saturated heterocycles. The average Bonchev–Trinajstić information content (AvgIpc) is 2.04. The molecule has 1 aliphatic rings. The van der Waals surface area contributed by atoms with Crippen LogP contribution in [0.25, 0.3) is 0 Å². The van der Waals surface area contributed by atoms with Crippen molar-refractivity contribution in [1.82, 2.24) is 4.90 Å². The topological polar surface area (TPSA) is 38.8 Å². The lowest BCUT2D eigenvalue weighted by Gasteiger charge is -2.30. The van der Waals surface area contributed by atoms with Crippen LogP contribution >= 0.6 is 0 Å². The average molecular weight is 187 g/mol. The zero-order chi connectivity index (χ0) is 9.68. The van der Waals surface area contributed by atoms with Crippen LogP contribution in [-0.4, -0.2) is 56.7 Å². The Morgan fingerprint density at radius 1 is 1.69 bits per heavy atom. The number of hydrogen-bond donors (Lipinski definition) is 0. The normalized spacial score (nSPS) is 24.6. The molecule has 0 aliphatic carbocycles. The highest BCUT2D eigenvalue weighted by Gasteiger charge is 2.18. The molecule has 0 saturated carbocycles. The molecule has 0 aromatic rings. The first-order chi connectivity index (χ1) is 6.22. The second-order valence-electron chi connectivity index (χ2n) is 3.39. The number of hydrogen-bond acceptors (Lipinski definition) is 4. The van der Waals surface area contributed by atoms with Gasteiger partial charge in [-0.3, -0.25) is 9.69 Å². The first-order valence-corrected chi connectivity index (χ1v) is 4.57. The van der Waals surface area contributed by atoms with Gasteiger partial charge in [-0.1, -0.05) is 0 Å². The Bertz CT molecular complexity index is 172. The molecule has 0 aromatic heterocycles. The van der Waals surface area contributed by atoms with Crippen molar-refractivity contribution in [2.75, 3.05) is 40.0 Å². The minimum Gasteiger partial charge on any atom is -0.377 e. The molecule has 0 N–H and O–H groups in total. The van der Waals surface area contributed by atoms with Gasteiger partial charge in [-0.25, -0.2) is 0 Å². The van der Waals surface area contributed by atoms with Gasteiger partial charge in [-0.2, -0.15) is 0 Å². The van der Waals surface area contributed by atoms with Crippen LogP contribution < -0.4 is 0 Å². The number of morpholine rings is 1. The zero-order valence-corrected chi connectivity index (χ0v) is 8.28. The summed E-state index contributed by atoms with van der Waals surface area (Å²) >= 11 is 0. The van der Waals surface area contributed by atoms with Gasteiger partial charge in [0.25, 0.3) is 0 Å². The summed E-state index contributed by atoms with van der Waals surface area (Å²) in [5, 5.41) is 0. The highest BCUT2D eigenvalue weighted by molar-refractivity contribution is 5.81. The monoisotopic (exact) mass is 187 g/mol. The Balaban J connectivity index is 2.23. The van der Waals surface area contributed by atoms with Gasteiger partial charge in [0.1, 0.15) is 6.61 Å². The van der Waals surface area contributed by atoms with Crippen LogP contribution in [0.2, 0.25) is 0 Å². The number of nitrogens with zero attached hydrogens (tertiary/aromatic N) is 1. The lowest BCUT2D eigenvalue weighted by molar-refractivity contribution is -0.125. The highest BCUT2D eigenvalue weighted by atomic mass is 16.5. The van der Waals surface area contributed by atoms with Gasteiger partial charge < -0.3 is 9.47 Å². The number of ketones is 1. The molecule has 1 unspecified atom stereocenters. The van der Waals surface area contributed by atoms with Crippen LogP contribution in [0.4, 0.5) is 0 Å². The van der Waals surface area contributed by atoms with E-state index < -0.39 is 0 Å². The number of Topliss-reactive ketones (excluding diaryl/α,β-unsaturated/α-hetero) is 1. The predicted octanol–water partition coefficient (Wildman–Crippen LogP) is -0.0774. The fraction of sp³-hybridized carbons (Fsp3) is 0.889. The molecule has 13 heavy (non-hydrogen) atoms. The van der Waals surface area contributed by atoms with Gasteiger partial charge in [-0.15, -0.1) is 0 Å². The summed E-state index contributed by atoms with van der Waals surface area (Å²) in [6.45, 7) is 5.14. The van der Waals surface area contributed by atoms with Crippen molar-refractivity contribution in [3.05, 3.63) is 0 Å². The summed E-state index contributed by atoms with van der Waals surface area (Å²) in [7, 11) is 1.54. The van der Waals surface area contributed by atoms with Gasteiger partial charge in [0.05, 0.1) is 19.3 Å². The lowest BCUT2D eigenvalue weighted by atomic mass is 10.3. The molecule has 1 rings (SSSR count). The SMILES string of the molecule is COCC(=O)CN1CCOC(C)C1. The quantitative estimate of drug-likeness (QED) is 0.617. The van der Waals surface area contributed by atoms with E-state index in [0.717, 1.165) is 19.7 Å². The molecule has 4 heteroatoms. The number of methoxy groups -OCH3 is 1. The fourth-order valence-corrected chi connectivity index (χ4v) is 1.49. The second kappa shape index (κ2) is 5.32. The Morgan fingerprint density at radius 2 is 2.46 bits per heavy atom. The Labute approximate surface area is 78.8 Å². The molecular weight excluding hydrogens is 170 g/mol. The molecule has 0 spiro atoms. The van der Waals surface area contributed by atoms with E-state index in [4.69, 9.17) is 9.47 Å². The number of ether oxygens (including phenoxy) is 2. The number of rotatable bonds is 4. The van der Waals surface area contributed by atoms with Crippen LogP contribution in [0.3, 0.4) is 0 Å². The Kier molecular flexibility index (Phi) is 4.35. The zero-order valence-electron chi connectivity index (χ0n) is 8.28. The first-order valence-electron chi connectivity index (χ1n) is 4.57. The Morgan fingerprint density at radius 3 is 3.08 bits per heavy atom. The van der Waals surface area contributed by atoms with Gasteiger partial charge in [0, 0.05) is 20.2 Å². The Hall–Kier alpha value is -0.450. The molecule has 76 valence electrons. The van der Waals surface area contributed by atoms with Crippen LogP contribution in [-0.2, 0) is 14.3 Å². The summed E-state index contributed by atoms with van der Waals surface area (Å²) < 4.78 is 10.1. The van der Waals surface area contributed by atoms with Crippen molar-refractivity contribution in [3.8, 4) is 0 Å². The third kappa shape index (κ3) is 3.85. The summed E-state index contributed by atoms with van der Waals surface area (Å²) in [4.78, 5) is 13.3. The van der Waals surface area contributed by atoms with E-state index in [2.05, 4.69) is 4.90 Å². The predicted molar refractivity (Wildman–Crippen MR) is 48.7 cm³/mol. The summed E-state index contributed by atoms with van der Waals surface area (Å²) in [5.74, 6) is 0.136. The fourth-order valence-electron chi connectivity index (χ4n) is 1.49. The number of carbonyl (C=O) groups is 1. The van der Waals surface area contributed by atoms with Gasteiger partial charge in [0.2, 0.25) is 0 Å². The molecule has 4 nitrogen and oxygen atoms in total.